The van der Waals surface area contributed by atoms with Gasteiger partial charge in [-0.25, -0.2) is 8.78 Å². The highest BCUT2D eigenvalue weighted by Crippen LogP contribution is 2.60. The lowest BCUT2D eigenvalue weighted by Gasteiger charge is -2.22. The Labute approximate surface area is 175 Å². The number of nitrogens with zero attached hydrogens (tertiary/aromatic N) is 3. The molecule has 10 heteroatoms. The second kappa shape index (κ2) is 9.65. The van der Waals surface area contributed by atoms with Gasteiger partial charge in [0.05, 0.1) is 17.9 Å². The van der Waals surface area contributed by atoms with E-state index >= 15 is 0 Å². The zero-order valence-corrected chi connectivity index (χ0v) is 17.5. The lowest BCUT2D eigenvalue weighted by atomic mass is 9.96. The van der Waals surface area contributed by atoms with E-state index in [1.165, 1.54) is 12.8 Å². The summed E-state index contributed by atoms with van der Waals surface area (Å²) in [7, 11) is 1.92. The number of nitrogens with two attached hydrogens (primary N) is 1. The van der Waals surface area contributed by atoms with E-state index in [1.807, 2.05) is 20.2 Å². The predicted octanol–water partition coefficient (Wildman–Crippen LogP) is 2.02. The van der Waals surface area contributed by atoms with Gasteiger partial charge < -0.3 is 16.4 Å². The summed E-state index contributed by atoms with van der Waals surface area (Å²) in [5.41, 5.74) is 7.64. The maximum Gasteiger partial charge on any atom is 0.255 e. The topological polar surface area (TPSA) is 114 Å². The summed E-state index contributed by atoms with van der Waals surface area (Å²) in [6, 6.07) is 0.586. The number of fused-ring (bicyclic) bond motifs is 2. The van der Waals surface area contributed by atoms with Crippen LogP contribution in [0.15, 0.2) is 12.4 Å². The van der Waals surface area contributed by atoms with Crippen molar-refractivity contribution in [2.24, 2.45) is 17.6 Å². The average Bonchev–Trinajstić information content (AvgIpc) is 3.17. The van der Waals surface area contributed by atoms with Crippen molar-refractivity contribution < 1.29 is 13.6 Å². The number of rotatable bonds is 3. The molecule has 0 radical (unpaired) electrons. The van der Waals surface area contributed by atoms with E-state index in [2.05, 4.69) is 36.8 Å². The fraction of sp³-hybridized carbons (Fsp3) is 0.650. The van der Waals surface area contributed by atoms with Crippen molar-refractivity contribution in [3.05, 3.63) is 29.3 Å². The summed E-state index contributed by atoms with van der Waals surface area (Å²) in [6.07, 6.45) is 7.56. The molecule has 1 saturated heterocycles. The maximum atomic E-state index is 13.1. The first-order valence-electron chi connectivity index (χ1n) is 10.5. The molecule has 2 fully saturated rings. The predicted molar refractivity (Wildman–Crippen MR) is 111 cm³/mol. The van der Waals surface area contributed by atoms with Gasteiger partial charge in [-0.2, -0.15) is 10.2 Å². The smallest absolute Gasteiger partial charge is 0.255 e. The van der Waals surface area contributed by atoms with Gasteiger partial charge in [-0.1, -0.05) is 6.92 Å². The molecule has 30 heavy (non-hydrogen) atoms. The molecule has 5 N–H and O–H groups in total. The molecular weight excluding hydrogens is 392 g/mol. The van der Waals surface area contributed by atoms with Crippen LogP contribution in [-0.2, 0) is 12.8 Å². The van der Waals surface area contributed by atoms with Gasteiger partial charge in [0, 0.05) is 36.3 Å². The second-order valence-corrected chi connectivity index (χ2v) is 7.83. The number of H-pyrrole nitrogens is 1. The van der Waals surface area contributed by atoms with Crippen LogP contribution in [0.2, 0.25) is 0 Å². The number of carbonyl (C=O) groups is 1. The minimum Gasteiger partial charge on any atom is -0.386 e. The quantitative estimate of drug-likeness (QED) is 0.562. The van der Waals surface area contributed by atoms with Crippen LogP contribution in [-0.4, -0.2) is 58.9 Å². The zero-order chi connectivity index (χ0) is 21.7. The van der Waals surface area contributed by atoms with E-state index in [9.17, 15) is 13.6 Å². The van der Waals surface area contributed by atoms with Gasteiger partial charge in [-0.05, 0) is 45.3 Å². The van der Waals surface area contributed by atoms with E-state index < -0.39 is 17.8 Å². The van der Waals surface area contributed by atoms with Gasteiger partial charge in [-0.3, -0.25) is 14.6 Å². The van der Waals surface area contributed by atoms with Gasteiger partial charge in [0.25, 0.3) is 5.92 Å². The van der Waals surface area contributed by atoms with E-state index in [0.29, 0.717) is 35.7 Å². The first-order valence-corrected chi connectivity index (χ1v) is 10.5. The number of carbonyl (C=O) groups excluding carboxylic acids is 1. The number of piperidine rings is 1. The van der Waals surface area contributed by atoms with Crippen molar-refractivity contribution in [2.45, 2.75) is 44.6 Å². The number of hydrogen-bond donors (Lipinski definition) is 4. The van der Waals surface area contributed by atoms with E-state index in [1.54, 1.807) is 0 Å². The number of alkyl halides is 2. The molecule has 0 amide bonds. The Morgan fingerprint density at radius 3 is 2.60 bits per heavy atom. The Kier molecular flexibility index (Phi) is 7.19. The largest absolute Gasteiger partial charge is 0.386 e. The number of aldehydes is 1. The first-order chi connectivity index (χ1) is 14.5. The Morgan fingerprint density at radius 1 is 1.33 bits per heavy atom. The van der Waals surface area contributed by atoms with Crippen LogP contribution in [0.25, 0.3) is 0 Å². The third-order valence-electron chi connectivity index (χ3n) is 5.88. The zero-order valence-electron chi connectivity index (χ0n) is 17.5. The van der Waals surface area contributed by atoms with Crippen molar-refractivity contribution in [2.75, 3.05) is 32.0 Å². The Bertz CT molecular complexity index is 829. The van der Waals surface area contributed by atoms with Crippen molar-refractivity contribution in [3.63, 3.8) is 0 Å². The van der Waals surface area contributed by atoms with Gasteiger partial charge in [0.15, 0.2) is 6.29 Å². The summed E-state index contributed by atoms with van der Waals surface area (Å²) in [5.74, 6) is -3.62. The molecule has 166 valence electrons. The molecule has 8 nitrogen and oxygen atoms in total. The molecule has 1 saturated carbocycles. The average molecular weight is 424 g/mol. The molecule has 2 unspecified atom stereocenters. The molecule has 0 spiro atoms. The fourth-order valence-electron chi connectivity index (χ4n) is 4.11. The van der Waals surface area contributed by atoms with Crippen LogP contribution >= 0.6 is 0 Å². The minimum atomic E-state index is -2.53. The maximum absolute atomic E-state index is 13.1. The summed E-state index contributed by atoms with van der Waals surface area (Å²) in [4.78, 5) is 10.6. The number of anilines is 1. The monoisotopic (exact) mass is 423 g/mol. The highest BCUT2D eigenvalue weighted by molar-refractivity contribution is 5.75. The summed E-state index contributed by atoms with van der Waals surface area (Å²) in [6.45, 7) is 4.87. The highest BCUT2D eigenvalue weighted by Gasteiger charge is 2.69. The molecule has 2 aliphatic carbocycles. The third-order valence-corrected chi connectivity index (χ3v) is 5.88. The lowest BCUT2D eigenvalue weighted by molar-refractivity contribution is 0.0852. The number of aromatic nitrogens is 4. The highest BCUT2D eigenvalue weighted by atomic mass is 19.3. The van der Waals surface area contributed by atoms with Gasteiger partial charge >= 0.3 is 0 Å². The molecule has 3 aliphatic rings. The van der Waals surface area contributed by atoms with E-state index in [4.69, 9.17) is 5.73 Å². The molecule has 2 aromatic heterocycles. The third kappa shape index (κ3) is 4.70. The minimum absolute atomic E-state index is 0.289. The van der Waals surface area contributed by atoms with Crippen molar-refractivity contribution >= 4 is 12.0 Å². The molecule has 2 aromatic rings. The van der Waals surface area contributed by atoms with Crippen LogP contribution in [0.5, 0.6) is 0 Å². The summed E-state index contributed by atoms with van der Waals surface area (Å²) < 4.78 is 28.2. The Balaban J connectivity index is 0.000000152. The molecule has 1 aliphatic heterocycles. The fourth-order valence-corrected chi connectivity index (χ4v) is 4.11. The second-order valence-electron chi connectivity index (χ2n) is 7.83. The normalized spacial score (nSPS) is 23.6. The van der Waals surface area contributed by atoms with Crippen LogP contribution < -0.4 is 16.4 Å². The molecule has 2 atom stereocenters. The van der Waals surface area contributed by atoms with Crippen LogP contribution in [0, 0.1) is 11.8 Å². The number of aromatic amines is 1. The van der Waals surface area contributed by atoms with E-state index in [0.717, 1.165) is 25.3 Å². The molecule has 0 bridgehead atoms. The van der Waals surface area contributed by atoms with Crippen LogP contribution in [0.4, 0.5) is 14.5 Å². The molecule has 3 heterocycles. The van der Waals surface area contributed by atoms with Crippen LogP contribution in [0.1, 0.15) is 47.6 Å². The molecular formula is C20H31F2N7O. The van der Waals surface area contributed by atoms with Crippen molar-refractivity contribution in [3.8, 4) is 0 Å². The number of halogens is 2. The van der Waals surface area contributed by atoms with Crippen molar-refractivity contribution in [1.29, 1.82) is 0 Å². The first kappa shape index (κ1) is 22.4. The Morgan fingerprint density at radius 2 is 2.00 bits per heavy atom. The van der Waals surface area contributed by atoms with Crippen LogP contribution in [0.3, 0.4) is 0 Å². The number of nitrogens with one attached hydrogen (secondary N) is 3. The SMILES string of the molecule is CCN.CNc1cnn(C2CCNCC2)c1.O=Cc1n[nH]c2c1CC1C(C2)C1(F)F. The Hall–Kier alpha value is -2.33. The van der Waals surface area contributed by atoms with E-state index in [-0.39, 0.29) is 6.42 Å². The molecule has 5 rings (SSSR count). The molecule has 0 aromatic carbocycles. The van der Waals surface area contributed by atoms with Gasteiger partial charge in [-0.15, -0.1) is 0 Å². The summed E-state index contributed by atoms with van der Waals surface area (Å²) >= 11 is 0. The standard InChI is InChI=1S/C9H8F2N2O.C9H16N4.C2H7N/c10-9(11)5-1-4-7(2-6(5)9)12-13-8(4)3-14;1-10-8-6-12-13(7-8)9-2-4-11-5-3-9;1-2-3/h3,5-6H,1-2H2,(H,12,13);6-7,9-11H,2-5H2,1H3;2-3H2,1H3. The number of hydrogen-bond acceptors (Lipinski definition) is 6. The van der Waals surface area contributed by atoms with Crippen molar-refractivity contribution in [1.82, 2.24) is 25.3 Å². The van der Waals surface area contributed by atoms with Gasteiger partial charge in [0.2, 0.25) is 0 Å². The summed E-state index contributed by atoms with van der Waals surface area (Å²) in [5, 5.41) is 17.2. The lowest BCUT2D eigenvalue weighted by Crippen LogP contribution is -2.29. The van der Waals surface area contributed by atoms with Gasteiger partial charge in [0.1, 0.15) is 5.69 Å².